The molecule has 3 N–H and O–H groups in total. The molecule has 19 heavy (non-hydrogen) atoms. The topological polar surface area (TPSA) is 111 Å². The Bertz CT molecular complexity index is 675. The van der Waals surface area contributed by atoms with Crippen molar-refractivity contribution in [3.8, 4) is 0 Å². The van der Waals surface area contributed by atoms with E-state index in [4.69, 9.17) is 10.2 Å². The maximum atomic E-state index is 12.1. The molecule has 0 bridgehead atoms. The van der Waals surface area contributed by atoms with Crippen molar-refractivity contribution in [1.82, 2.24) is 14.7 Å². The van der Waals surface area contributed by atoms with E-state index in [2.05, 4.69) is 14.7 Å². The molecule has 0 spiro atoms. The van der Waals surface area contributed by atoms with Crippen LogP contribution in [0.1, 0.15) is 24.3 Å². The van der Waals surface area contributed by atoms with Crippen molar-refractivity contribution >= 4 is 26.5 Å². The number of rotatable bonds is 5. The third-order valence-electron chi connectivity index (χ3n) is 2.38. The first kappa shape index (κ1) is 14.0. The van der Waals surface area contributed by atoms with Crippen molar-refractivity contribution in [2.24, 2.45) is 0 Å². The van der Waals surface area contributed by atoms with Crippen LogP contribution in [0.15, 0.2) is 14.8 Å². The number of thiazole rings is 1. The molecule has 9 heteroatoms. The van der Waals surface area contributed by atoms with Gasteiger partial charge >= 0.3 is 0 Å². The highest BCUT2D eigenvalue weighted by Crippen LogP contribution is 2.24. The summed E-state index contributed by atoms with van der Waals surface area (Å²) in [6.45, 7) is 3.53. The first-order valence-corrected chi connectivity index (χ1v) is 7.88. The van der Waals surface area contributed by atoms with Crippen LogP contribution in [-0.2, 0) is 23.0 Å². The lowest BCUT2D eigenvalue weighted by atomic mass is 10.4. The van der Waals surface area contributed by atoms with Gasteiger partial charge in [-0.25, -0.2) is 23.1 Å². The Kier molecular flexibility index (Phi) is 3.88. The molecule has 0 aliphatic carbocycles. The van der Waals surface area contributed by atoms with Gasteiger partial charge in [-0.3, -0.25) is 0 Å². The maximum absolute atomic E-state index is 12.1. The van der Waals surface area contributed by atoms with Crippen LogP contribution in [0.5, 0.6) is 0 Å². The van der Waals surface area contributed by atoms with Gasteiger partial charge in [0.2, 0.25) is 5.89 Å². The summed E-state index contributed by atoms with van der Waals surface area (Å²) >= 11 is 0.931. The monoisotopic (exact) mass is 302 g/mol. The average molecular weight is 302 g/mol. The lowest BCUT2D eigenvalue weighted by Gasteiger charge is -2.02. The summed E-state index contributed by atoms with van der Waals surface area (Å²) in [6.07, 6.45) is 2.30. The molecule has 0 aliphatic rings. The molecule has 0 radical (unpaired) electrons. The molecule has 2 aromatic heterocycles. The molecule has 104 valence electrons. The molecule has 0 fully saturated rings. The molecular weight excluding hydrogens is 288 g/mol. The van der Waals surface area contributed by atoms with E-state index < -0.39 is 10.0 Å². The second-order valence-electron chi connectivity index (χ2n) is 3.82. The molecule has 0 aromatic carbocycles. The van der Waals surface area contributed by atoms with Gasteiger partial charge in [0.05, 0.1) is 18.4 Å². The molecule has 7 nitrogen and oxygen atoms in total. The van der Waals surface area contributed by atoms with Crippen LogP contribution >= 0.6 is 11.3 Å². The van der Waals surface area contributed by atoms with Crippen LogP contribution in [0.4, 0.5) is 5.13 Å². The zero-order valence-corrected chi connectivity index (χ0v) is 12.1. The molecule has 2 aromatic rings. The first-order valence-electron chi connectivity index (χ1n) is 5.58. The third-order valence-corrected chi connectivity index (χ3v) is 5.38. The number of aromatic nitrogens is 2. The average Bonchev–Trinajstić information content (AvgIpc) is 2.93. The van der Waals surface area contributed by atoms with Crippen LogP contribution in [0, 0.1) is 6.92 Å². The van der Waals surface area contributed by atoms with Crippen LogP contribution in [-0.4, -0.2) is 18.4 Å². The fourth-order valence-electron chi connectivity index (χ4n) is 1.47. The van der Waals surface area contributed by atoms with Crippen molar-refractivity contribution in [3.05, 3.63) is 23.5 Å². The maximum Gasteiger partial charge on any atom is 0.252 e. The highest BCUT2D eigenvalue weighted by molar-refractivity contribution is 7.91. The number of nitrogens with one attached hydrogen (secondary N) is 1. The Balaban J connectivity index is 2.11. The van der Waals surface area contributed by atoms with Crippen molar-refractivity contribution in [2.45, 2.75) is 31.0 Å². The van der Waals surface area contributed by atoms with Gasteiger partial charge in [-0.2, -0.15) is 0 Å². The summed E-state index contributed by atoms with van der Waals surface area (Å²) in [5.41, 5.74) is 5.87. The predicted octanol–water partition coefficient (Wildman–Crippen LogP) is 1.06. The Hall–Kier alpha value is -1.45. The lowest BCUT2D eigenvalue weighted by molar-refractivity contribution is 0.452. The van der Waals surface area contributed by atoms with Gasteiger partial charge in [0.25, 0.3) is 10.0 Å². The fourth-order valence-corrected chi connectivity index (χ4v) is 3.78. The first-order chi connectivity index (χ1) is 8.92. The minimum atomic E-state index is -3.64. The van der Waals surface area contributed by atoms with Crippen molar-refractivity contribution in [3.63, 3.8) is 0 Å². The van der Waals surface area contributed by atoms with E-state index in [9.17, 15) is 8.42 Å². The van der Waals surface area contributed by atoms with Gasteiger partial charge in [-0.15, -0.1) is 0 Å². The Morgan fingerprint density at radius 3 is 2.79 bits per heavy atom. The van der Waals surface area contributed by atoms with E-state index in [0.717, 1.165) is 11.3 Å². The van der Waals surface area contributed by atoms with Crippen molar-refractivity contribution < 1.29 is 12.8 Å². The van der Waals surface area contributed by atoms with Crippen LogP contribution in [0.25, 0.3) is 0 Å². The third kappa shape index (κ3) is 3.11. The minimum absolute atomic E-state index is 0.000419. The van der Waals surface area contributed by atoms with Crippen LogP contribution in [0.3, 0.4) is 0 Å². The number of oxazole rings is 1. The second-order valence-corrected chi connectivity index (χ2v) is 6.82. The molecule has 0 aliphatic heterocycles. The summed E-state index contributed by atoms with van der Waals surface area (Å²) in [7, 11) is -3.64. The van der Waals surface area contributed by atoms with E-state index in [-0.39, 0.29) is 15.9 Å². The normalized spacial score (nSPS) is 11.9. The standard InChI is InChI=1S/C10H14N4O3S2/c1-3-7-4-12-8(17-7)5-13-19(15,16)9-6(2)14-10(11)18-9/h4,13H,3,5H2,1-2H3,(H2,11,14). The zero-order valence-electron chi connectivity index (χ0n) is 10.5. The number of nitrogens with two attached hydrogens (primary N) is 1. The smallest absolute Gasteiger partial charge is 0.252 e. The zero-order chi connectivity index (χ0) is 14.0. The Morgan fingerprint density at radius 1 is 1.53 bits per heavy atom. The lowest BCUT2D eigenvalue weighted by Crippen LogP contribution is -2.23. The summed E-state index contributed by atoms with van der Waals surface area (Å²) in [5, 5.41) is 0.224. The summed E-state index contributed by atoms with van der Waals surface area (Å²) in [4.78, 5) is 7.87. The molecular formula is C10H14N4O3S2. The molecule has 0 unspecified atom stereocenters. The Labute approximate surface area is 114 Å². The largest absolute Gasteiger partial charge is 0.444 e. The van der Waals surface area contributed by atoms with Gasteiger partial charge in [-0.05, 0) is 6.92 Å². The summed E-state index contributed by atoms with van der Waals surface area (Å²) in [6, 6.07) is 0. The quantitative estimate of drug-likeness (QED) is 0.854. The number of nitrogen functional groups attached to an aromatic ring is 1. The highest BCUT2D eigenvalue weighted by atomic mass is 32.2. The molecule has 2 rings (SSSR count). The second kappa shape index (κ2) is 5.27. The SMILES string of the molecule is CCc1cnc(CNS(=O)(=O)c2sc(N)nc2C)o1. The van der Waals surface area contributed by atoms with E-state index in [0.29, 0.717) is 23.8 Å². The van der Waals surface area contributed by atoms with Crippen molar-refractivity contribution in [2.75, 3.05) is 5.73 Å². The summed E-state index contributed by atoms with van der Waals surface area (Å²) < 4.78 is 32.0. The highest BCUT2D eigenvalue weighted by Gasteiger charge is 2.21. The number of nitrogens with zero attached hydrogens (tertiary/aromatic N) is 2. The molecule has 2 heterocycles. The van der Waals surface area contributed by atoms with E-state index in [1.807, 2.05) is 6.92 Å². The molecule has 0 saturated carbocycles. The van der Waals surface area contributed by atoms with Gasteiger partial charge in [0.15, 0.2) is 9.34 Å². The molecule has 0 atom stereocenters. The summed E-state index contributed by atoms with van der Waals surface area (Å²) in [5.74, 6) is 1.04. The number of aryl methyl sites for hydroxylation is 2. The van der Waals surface area contributed by atoms with Gasteiger partial charge in [-0.1, -0.05) is 18.3 Å². The number of anilines is 1. The molecule has 0 saturated heterocycles. The Morgan fingerprint density at radius 2 is 2.26 bits per heavy atom. The number of hydrogen-bond donors (Lipinski definition) is 2. The van der Waals surface area contributed by atoms with Crippen LogP contribution < -0.4 is 10.5 Å². The van der Waals surface area contributed by atoms with E-state index in [1.54, 1.807) is 13.1 Å². The predicted molar refractivity (Wildman–Crippen MR) is 71.2 cm³/mol. The van der Waals surface area contributed by atoms with Gasteiger partial charge in [0.1, 0.15) is 5.76 Å². The van der Waals surface area contributed by atoms with Gasteiger partial charge in [0, 0.05) is 6.42 Å². The van der Waals surface area contributed by atoms with E-state index in [1.165, 1.54) is 0 Å². The number of sulfonamides is 1. The van der Waals surface area contributed by atoms with E-state index >= 15 is 0 Å². The minimum Gasteiger partial charge on any atom is -0.444 e. The number of hydrogen-bond acceptors (Lipinski definition) is 7. The van der Waals surface area contributed by atoms with Crippen LogP contribution in [0.2, 0.25) is 0 Å². The fraction of sp³-hybridized carbons (Fsp3) is 0.400. The molecule has 0 amide bonds. The van der Waals surface area contributed by atoms with Gasteiger partial charge < -0.3 is 10.2 Å². The van der Waals surface area contributed by atoms with Crippen molar-refractivity contribution in [1.29, 1.82) is 0 Å².